The largest absolute Gasteiger partial charge is 0.456 e. The summed E-state index contributed by atoms with van der Waals surface area (Å²) in [5.74, 6) is 1.77. The normalized spacial score (nSPS) is 11.6. The standard InChI is InChI=1S/C49H29N5OS/c1-4-11-30(12-5-1)33-19-23-41-38(27-33)44-36(17-10-18-42(44)55-41)48-52-47(32-15-8-3-9-16-32)53-49(54-48)37-22-21-35(40-25-26-50-29-51-40)45-39-28-34(31-13-6-2-7-14-31)20-24-43(39)56-46(37)45/h1-29H. The summed E-state index contributed by atoms with van der Waals surface area (Å²) in [6.07, 6.45) is 3.39. The summed E-state index contributed by atoms with van der Waals surface area (Å²) in [7, 11) is 0. The Morgan fingerprint density at radius 3 is 1.79 bits per heavy atom. The van der Waals surface area contributed by atoms with Crippen molar-refractivity contribution in [1.29, 1.82) is 0 Å². The molecule has 11 aromatic rings. The zero-order valence-corrected chi connectivity index (χ0v) is 30.6. The smallest absolute Gasteiger partial charge is 0.165 e. The maximum atomic E-state index is 6.44. The van der Waals surface area contributed by atoms with Crippen molar-refractivity contribution < 1.29 is 4.42 Å². The maximum absolute atomic E-state index is 6.44. The quantitative estimate of drug-likeness (QED) is 0.169. The van der Waals surface area contributed by atoms with Gasteiger partial charge in [-0.1, -0.05) is 121 Å². The van der Waals surface area contributed by atoms with Crippen molar-refractivity contribution in [2.45, 2.75) is 0 Å². The van der Waals surface area contributed by atoms with Crippen LogP contribution in [0.15, 0.2) is 181 Å². The third-order valence-electron chi connectivity index (χ3n) is 10.3. The van der Waals surface area contributed by atoms with Crippen LogP contribution in [-0.4, -0.2) is 24.9 Å². The maximum Gasteiger partial charge on any atom is 0.165 e. The average molecular weight is 736 g/mol. The molecule has 0 bridgehead atoms. The minimum absolute atomic E-state index is 0.577. The van der Waals surface area contributed by atoms with Crippen LogP contribution in [0.4, 0.5) is 0 Å². The van der Waals surface area contributed by atoms with Gasteiger partial charge in [-0.25, -0.2) is 24.9 Å². The zero-order valence-electron chi connectivity index (χ0n) is 29.8. The van der Waals surface area contributed by atoms with Crippen LogP contribution in [0.3, 0.4) is 0 Å². The molecule has 0 atom stereocenters. The molecule has 0 fully saturated rings. The highest BCUT2D eigenvalue weighted by Crippen LogP contribution is 2.46. The molecule has 7 heteroatoms. The Labute approximate surface area is 325 Å². The molecule has 0 N–H and O–H groups in total. The molecule has 0 unspecified atom stereocenters. The van der Waals surface area contributed by atoms with E-state index in [1.165, 1.54) is 10.3 Å². The Morgan fingerprint density at radius 2 is 1.07 bits per heavy atom. The molecule has 7 aromatic carbocycles. The van der Waals surface area contributed by atoms with Crippen LogP contribution in [0.1, 0.15) is 0 Å². The van der Waals surface area contributed by atoms with Crippen molar-refractivity contribution in [3.05, 3.63) is 176 Å². The van der Waals surface area contributed by atoms with Crippen LogP contribution in [0, 0.1) is 0 Å². The van der Waals surface area contributed by atoms with Crippen molar-refractivity contribution in [2.75, 3.05) is 0 Å². The first-order chi connectivity index (χ1) is 27.7. The number of fused-ring (bicyclic) bond motifs is 6. The average Bonchev–Trinajstić information content (AvgIpc) is 3.85. The Kier molecular flexibility index (Phi) is 7.57. The second-order valence-corrected chi connectivity index (χ2v) is 14.7. The highest BCUT2D eigenvalue weighted by Gasteiger charge is 2.22. The minimum Gasteiger partial charge on any atom is -0.456 e. The van der Waals surface area contributed by atoms with Gasteiger partial charge in [0.25, 0.3) is 0 Å². The van der Waals surface area contributed by atoms with Gasteiger partial charge in [0.2, 0.25) is 0 Å². The van der Waals surface area contributed by atoms with E-state index < -0.39 is 0 Å². The monoisotopic (exact) mass is 735 g/mol. The van der Waals surface area contributed by atoms with E-state index in [4.69, 9.17) is 24.4 Å². The van der Waals surface area contributed by atoms with Crippen LogP contribution in [0.5, 0.6) is 0 Å². The van der Waals surface area contributed by atoms with Gasteiger partial charge >= 0.3 is 0 Å². The summed E-state index contributed by atoms with van der Waals surface area (Å²) in [6, 6.07) is 56.4. The SMILES string of the molecule is c1ccc(-c2ccc3oc4cccc(-c5nc(-c6ccccc6)nc(-c6ccc(-c7ccncn7)c7c6sc6ccc(-c8ccccc8)cc67)n5)c4c3c2)cc1. The number of rotatable bonds is 6. The zero-order chi connectivity index (χ0) is 37.0. The fraction of sp³-hybridized carbons (Fsp3) is 0. The van der Waals surface area contributed by atoms with E-state index in [0.29, 0.717) is 17.5 Å². The minimum atomic E-state index is 0.577. The van der Waals surface area contributed by atoms with Gasteiger partial charge in [-0.15, -0.1) is 11.3 Å². The highest BCUT2D eigenvalue weighted by molar-refractivity contribution is 7.26. The molecule has 0 saturated heterocycles. The fourth-order valence-corrected chi connectivity index (χ4v) is 8.90. The number of benzene rings is 7. The molecule has 0 spiro atoms. The molecule has 262 valence electrons. The van der Waals surface area contributed by atoms with Gasteiger partial charge in [0.15, 0.2) is 17.5 Å². The number of hydrogen-bond acceptors (Lipinski definition) is 7. The van der Waals surface area contributed by atoms with E-state index in [9.17, 15) is 0 Å². The van der Waals surface area contributed by atoms with Gasteiger partial charge in [-0.3, -0.25) is 0 Å². The summed E-state index contributed by atoms with van der Waals surface area (Å²) in [5.41, 5.74) is 10.8. The molecule has 0 aliphatic rings. The van der Waals surface area contributed by atoms with Gasteiger partial charge in [0.05, 0.1) is 5.69 Å². The summed E-state index contributed by atoms with van der Waals surface area (Å²) in [6.45, 7) is 0. The van der Waals surface area contributed by atoms with Gasteiger partial charge in [0, 0.05) is 59.4 Å². The lowest BCUT2D eigenvalue weighted by Gasteiger charge is -2.11. The Balaban J connectivity index is 1.17. The summed E-state index contributed by atoms with van der Waals surface area (Å²) < 4.78 is 8.69. The molecule has 56 heavy (non-hydrogen) atoms. The second-order valence-electron chi connectivity index (χ2n) is 13.7. The predicted octanol–water partition coefficient (Wildman–Crippen LogP) is 12.9. The number of aromatic nitrogens is 5. The Morgan fingerprint density at radius 1 is 0.429 bits per heavy atom. The molecule has 0 aliphatic heterocycles. The van der Waals surface area contributed by atoms with Crippen molar-refractivity contribution >= 4 is 53.4 Å². The van der Waals surface area contributed by atoms with E-state index in [2.05, 4.69) is 108 Å². The lowest BCUT2D eigenvalue weighted by molar-refractivity contribution is 0.669. The Bertz CT molecular complexity index is 3240. The molecule has 6 nitrogen and oxygen atoms in total. The number of nitrogens with zero attached hydrogens (tertiary/aromatic N) is 5. The predicted molar refractivity (Wildman–Crippen MR) is 228 cm³/mol. The van der Waals surface area contributed by atoms with Crippen LogP contribution < -0.4 is 0 Å². The number of hydrogen-bond donors (Lipinski definition) is 0. The van der Waals surface area contributed by atoms with Crippen LogP contribution in [0.25, 0.3) is 110 Å². The van der Waals surface area contributed by atoms with Gasteiger partial charge in [-0.2, -0.15) is 0 Å². The van der Waals surface area contributed by atoms with Crippen molar-refractivity contribution in [3.63, 3.8) is 0 Å². The second kappa shape index (κ2) is 13.2. The van der Waals surface area contributed by atoms with E-state index >= 15 is 0 Å². The van der Waals surface area contributed by atoms with Crippen molar-refractivity contribution in [1.82, 2.24) is 24.9 Å². The van der Waals surface area contributed by atoms with Gasteiger partial charge in [-0.05, 0) is 64.7 Å². The van der Waals surface area contributed by atoms with Crippen LogP contribution in [-0.2, 0) is 0 Å². The lowest BCUT2D eigenvalue weighted by Crippen LogP contribution is -2.00. The molecule has 0 amide bonds. The van der Waals surface area contributed by atoms with Crippen molar-refractivity contribution in [2.24, 2.45) is 0 Å². The fourth-order valence-electron chi connectivity index (χ4n) is 7.69. The first-order valence-electron chi connectivity index (χ1n) is 18.4. The first-order valence-corrected chi connectivity index (χ1v) is 19.2. The topological polar surface area (TPSA) is 77.6 Å². The molecule has 4 heterocycles. The number of thiophene rings is 1. The third kappa shape index (κ3) is 5.44. The molecular formula is C49H29N5OS. The molecule has 0 saturated carbocycles. The van der Waals surface area contributed by atoms with Gasteiger partial charge in [0.1, 0.15) is 17.5 Å². The van der Waals surface area contributed by atoms with E-state index in [-0.39, 0.29) is 0 Å². The Hall–Kier alpha value is -7.35. The third-order valence-corrected chi connectivity index (χ3v) is 11.5. The molecule has 0 radical (unpaired) electrons. The lowest BCUT2D eigenvalue weighted by atomic mass is 9.97. The molecular weight excluding hydrogens is 707 g/mol. The first kappa shape index (κ1) is 32.1. The summed E-state index contributed by atoms with van der Waals surface area (Å²) >= 11 is 1.75. The molecule has 0 aliphatic carbocycles. The van der Waals surface area contributed by atoms with Crippen molar-refractivity contribution in [3.8, 4) is 67.7 Å². The van der Waals surface area contributed by atoms with E-state index in [1.54, 1.807) is 23.9 Å². The van der Waals surface area contributed by atoms with E-state index in [0.717, 1.165) is 82.0 Å². The molecule has 4 aromatic heterocycles. The summed E-state index contributed by atoms with van der Waals surface area (Å²) in [4.78, 5) is 24.6. The molecule has 11 rings (SSSR count). The van der Waals surface area contributed by atoms with Crippen LogP contribution in [0.2, 0.25) is 0 Å². The highest BCUT2D eigenvalue weighted by atomic mass is 32.1. The summed E-state index contributed by atoms with van der Waals surface area (Å²) in [5, 5.41) is 4.24. The van der Waals surface area contributed by atoms with E-state index in [1.807, 2.05) is 60.7 Å². The van der Waals surface area contributed by atoms with Gasteiger partial charge < -0.3 is 4.42 Å². The van der Waals surface area contributed by atoms with Crippen LogP contribution >= 0.6 is 11.3 Å². The number of furan rings is 1.